The van der Waals surface area contributed by atoms with E-state index in [1.807, 2.05) is 6.92 Å². The number of rotatable bonds is 9. The van der Waals surface area contributed by atoms with Crippen molar-refractivity contribution in [3.05, 3.63) is 51.9 Å². The van der Waals surface area contributed by atoms with E-state index >= 15 is 0 Å². The van der Waals surface area contributed by atoms with Crippen LogP contribution in [0.3, 0.4) is 0 Å². The van der Waals surface area contributed by atoms with Crippen molar-refractivity contribution in [2.45, 2.75) is 39.3 Å². The van der Waals surface area contributed by atoms with E-state index in [9.17, 15) is 14.4 Å². The predicted molar refractivity (Wildman–Crippen MR) is 121 cm³/mol. The van der Waals surface area contributed by atoms with Crippen LogP contribution in [-0.4, -0.2) is 52.3 Å². The highest BCUT2D eigenvalue weighted by atomic mass is 35.5. The molecule has 9 nitrogen and oxygen atoms in total. The highest BCUT2D eigenvalue weighted by Gasteiger charge is 2.35. The zero-order valence-corrected chi connectivity index (χ0v) is 19.3. The van der Waals surface area contributed by atoms with Gasteiger partial charge in [-0.15, -0.1) is 0 Å². The van der Waals surface area contributed by atoms with Crippen LogP contribution in [0.1, 0.15) is 64.7 Å². The second-order valence-electron chi connectivity index (χ2n) is 8.34. The molecular formula is C23H26ClN5O4. The third-order valence-electron chi connectivity index (χ3n) is 5.81. The van der Waals surface area contributed by atoms with Crippen LogP contribution in [0.15, 0.2) is 24.5 Å². The van der Waals surface area contributed by atoms with Gasteiger partial charge in [0.25, 0.3) is 11.8 Å². The molecule has 174 valence electrons. The van der Waals surface area contributed by atoms with Gasteiger partial charge in [0.05, 0.1) is 12.6 Å². The lowest BCUT2D eigenvalue weighted by molar-refractivity contribution is -0.118. The first kappa shape index (κ1) is 23.0. The summed E-state index contributed by atoms with van der Waals surface area (Å²) in [5, 5.41) is 5.75. The molecule has 2 aromatic rings. The van der Waals surface area contributed by atoms with Crippen LogP contribution < -0.4 is 15.4 Å². The number of fused-ring (bicyclic) bond motifs is 1. The van der Waals surface area contributed by atoms with Gasteiger partial charge in [-0.25, -0.2) is 4.98 Å². The summed E-state index contributed by atoms with van der Waals surface area (Å²) in [5.74, 6) is 0.250. The van der Waals surface area contributed by atoms with Gasteiger partial charge in [0.2, 0.25) is 11.8 Å². The molecule has 0 aromatic carbocycles. The number of halogens is 1. The van der Waals surface area contributed by atoms with E-state index in [-0.39, 0.29) is 42.5 Å². The van der Waals surface area contributed by atoms with Crippen LogP contribution in [-0.2, 0) is 11.3 Å². The first-order valence-corrected chi connectivity index (χ1v) is 11.3. The molecule has 2 aromatic heterocycles. The molecule has 1 unspecified atom stereocenters. The SMILES string of the molecule is CC(=O)NCCNC(=O)c1nccc2c1CN(C(C)c1cnc(OCC3CC3)c(Cl)c1)C2=O. The van der Waals surface area contributed by atoms with Crippen LogP contribution in [0, 0.1) is 5.92 Å². The Hall–Kier alpha value is -3.20. The summed E-state index contributed by atoms with van der Waals surface area (Å²) in [6.45, 7) is 4.73. The lowest BCUT2D eigenvalue weighted by Crippen LogP contribution is -2.34. The minimum atomic E-state index is -0.388. The van der Waals surface area contributed by atoms with Crippen molar-refractivity contribution in [3.63, 3.8) is 0 Å². The summed E-state index contributed by atoms with van der Waals surface area (Å²) in [7, 11) is 0. The first-order valence-electron chi connectivity index (χ1n) is 10.9. The van der Waals surface area contributed by atoms with Gasteiger partial charge in [-0.05, 0) is 43.4 Å². The van der Waals surface area contributed by atoms with Crippen LogP contribution in [0.2, 0.25) is 5.02 Å². The van der Waals surface area contributed by atoms with Gasteiger partial charge in [-0.2, -0.15) is 0 Å². The first-order chi connectivity index (χ1) is 15.8. The largest absolute Gasteiger partial charge is 0.476 e. The smallest absolute Gasteiger partial charge is 0.270 e. The number of hydrogen-bond donors (Lipinski definition) is 2. The van der Waals surface area contributed by atoms with E-state index in [1.165, 1.54) is 26.0 Å². The fourth-order valence-corrected chi connectivity index (χ4v) is 3.92. The molecule has 2 aliphatic rings. The second-order valence-corrected chi connectivity index (χ2v) is 8.75. The fourth-order valence-electron chi connectivity index (χ4n) is 3.69. The number of nitrogens with zero attached hydrogens (tertiary/aromatic N) is 3. The average molecular weight is 472 g/mol. The normalized spacial score (nSPS) is 15.7. The van der Waals surface area contributed by atoms with Crippen molar-refractivity contribution in [2.75, 3.05) is 19.7 Å². The number of amides is 3. The van der Waals surface area contributed by atoms with Gasteiger partial charge in [0, 0.05) is 50.1 Å². The van der Waals surface area contributed by atoms with Crippen molar-refractivity contribution >= 4 is 29.3 Å². The molecule has 0 saturated heterocycles. The summed E-state index contributed by atoms with van der Waals surface area (Å²) >= 11 is 6.38. The van der Waals surface area contributed by atoms with Crippen LogP contribution in [0.25, 0.3) is 0 Å². The summed E-state index contributed by atoms with van der Waals surface area (Å²) in [6.07, 6.45) is 5.48. The molecule has 0 spiro atoms. The Morgan fingerprint density at radius 1 is 1.27 bits per heavy atom. The zero-order chi connectivity index (χ0) is 23.5. The van der Waals surface area contributed by atoms with Crippen LogP contribution in [0.4, 0.5) is 0 Å². The monoisotopic (exact) mass is 471 g/mol. The summed E-state index contributed by atoms with van der Waals surface area (Å²) < 4.78 is 5.69. The number of aromatic nitrogens is 2. The van der Waals surface area contributed by atoms with Gasteiger partial charge >= 0.3 is 0 Å². The lowest BCUT2D eigenvalue weighted by atomic mass is 10.1. The van der Waals surface area contributed by atoms with Gasteiger partial charge in [-0.3, -0.25) is 19.4 Å². The number of pyridine rings is 2. The van der Waals surface area contributed by atoms with Crippen LogP contribution in [0.5, 0.6) is 5.88 Å². The molecule has 10 heteroatoms. The van der Waals surface area contributed by atoms with E-state index in [2.05, 4.69) is 20.6 Å². The third kappa shape index (κ3) is 5.24. The van der Waals surface area contributed by atoms with Crippen molar-refractivity contribution in [3.8, 4) is 5.88 Å². The number of hydrogen-bond acceptors (Lipinski definition) is 6. The minimum Gasteiger partial charge on any atom is -0.476 e. The Morgan fingerprint density at radius 2 is 2.03 bits per heavy atom. The standard InChI is InChI=1S/C23H26ClN5O4/c1-13(16-9-19(24)22(28-10-16)33-12-15-3-4-15)29-11-18-17(23(29)32)5-6-26-20(18)21(31)27-8-7-25-14(2)30/h5-6,9-10,13,15H,3-4,7-8,11-12H2,1-2H3,(H,25,30)(H,27,31). The molecular weight excluding hydrogens is 446 g/mol. The maximum absolute atomic E-state index is 13.1. The number of ether oxygens (including phenoxy) is 1. The Balaban J connectivity index is 1.45. The summed E-state index contributed by atoms with van der Waals surface area (Å²) in [5.41, 5.74) is 2.01. The number of nitrogens with one attached hydrogen (secondary N) is 2. The Morgan fingerprint density at radius 3 is 2.73 bits per heavy atom. The summed E-state index contributed by atoms with van der Waals surface area (Å²) in [4.78, 5) is 46.9. The average Bonchev–Trinajstić information content (AvgIpc) is 3.56. The predicted octanol–water partition coefficient (Wildman–Crippen LogP) is 2.50. The molecule has 1 aliphatic carbocycles. The topological polar surface area (TPSA) is 114 Å². The third-order valence-corrected chi connectivity index (χ3v) is 6.08. The Bertz CT molecular complexity index is 1090. The molecule has 33 heavy (non-hydrogen) atoms. The van der Waals surface area contributed by atoms with E-state index in [0.29, 0.717) is 41.1 Å². The van der Waals surface area contributed by atoms with Crippen molar-refractivity contribution < 1.29 is 19.1 Å². The summed E-state index contributed by atoms with van der Waals surface area (Å²) in [6, 6.07) is 3.08. The van der Waals surface area contributed by atoms with Gasteiger partial charge in [0.1, 0.15) is 10.7 Å². The molecule has 0 radical (unpaired) electrons. The highest BCUT2D eigenvalue weighted by molar-refractivity contribution is 6.31. The van der Waals surface area contributed by atoms with Gasteiger partial charge in [-0.1, -0.05) is 11.6 Å². The molecule has 1 aliphatic heterocycles. The van der Waals surface area contributed by atoms with E-state index < -0.39 is 0 Å². The quantitative estimate of drug-likeness (QED) is 0.543. The molecule has 1 fully saturated rings. The maximum atomic E-state index is 13.1. The molecule has 3 heterocycles. The highest BCUT2D eigenvalue weighted by Crippen LogP contribution is 2.35. The van der Waals surface area contributed by atoms with Crippen LogP contribution >= 0.6 is 11.6 Å². The van der Waals surface area contributed by atoms with Crippen molar-refractivity contribution in [1.82, 2.24) is 25.5 Å². The van der Waals surface area contributed by atoms with E-state index in [0.717, 1.165) is 5.56 Å². The van der Waals surface area contributed by atoms with E-state index in [1.54, 1.807) is 23.2 Å². The molecule has 4 rings (SSSR count). The molecule has 2 N–H and O–H groups in total. The molecule has 1 saturated carbocycles. The van der Waals surface area contributed by atoms with Crippen molar-refractivity contribution in [2.24, 2.45) is 5.92 Å². The lowest BCUT2D eigenvalue weighted by Gasteiger charge is -2.25. The molecule has 3 amide bonds. The minimum absolute atomic E-state index is 0.171. The molecule has 0 bridgehead atoms. The molecule has 1 atom stereocenters. The number of carbonyl (C=O) groups excluding carboxylic acids is 3. The van der Waals surface area contributed by atoms with Gasteiger partial charge < -0.3 is 20.3 Å². The fraction of sp³-hybridized carbons (Fsp3) is 0.435. The Kier molecular flexibility index (Phi) is 6.78. The van der Waals surface area contributed by atoms with Gasteiger partial charge in [0.15, 0.2) is 0 Å². The zero-order valence-electron chi connectivity index (χ0n) is 18.6. The number of carbonyl (C=O) groups is 3. The van der Waals surface area contributed by atoms with E-state index in [4.69, 9.17) is 16.3 Å². The second kappa shape index (κ2) is 9.74. The van der Waals surface area contributed by atoms with Crippen molar-refractivity contribution in [1.29, 1.82) is 0 Å². The Labute approximate surface area is 196 Å². The maximum Gasteiger partial charge on any atom is 0.270 e.